The fourth-order valence-electron chi connectivity index (χ4n) is 5.81. The van der Waals surface area contributed by atoms with Gasteiger partial charge >= 0.3 is 0 Å². The van der Waals surface area contributed by atoms with Crippen molar-refractivity contribution in [2.24, 2.45) is 0 Å². The summed E-state index contributed by atoms with van der Waals surface area (Å²) in [5.74, 6) is 1.48. The Hall–Kier alpha value is -2.75. The maximum Gasteiger partial charge on any atom is 0.295 e. The van der Waals surface area contributed by atoms with Gasteiger partial charge in [0.15, 0.2) is 11.5 Å². The number of aromatic nitrogens is 2. The number of aryl methyl sites for hydroxylation is 1. The van der Waals surface area contributed by atoms with E-state index < -0.39 is 10.1 Å². The highest BCUT2D eigenvalue weighted by Gasteiger charge is 2.31. The van der Waals surface area contributed by atoms with Gasteiger partial charge in [0.25, 0.3) is 10.1 Å². The molecule has 0 aliphatic carbocycles. The second-order valence-electron chi connectivity index (χ2n) is 11.8. The summed E-state index contributed by atoms with van der Waals surface area (Å²) >= 11 is 0. The van der Waals surface area contributed by atoms with Crippen molar-refractivity contribution in [2.45, 2.75) is 90.0 Å². The molecule has 1 fully saturated rings. The monoisotopic (exact) mass is 569 g/mol. The molecule has 0 amide bonds. The molecule has 1 atom stereocenters. The molecule has 2 aromatic carbocycles. The van der Waals surface area contributed by atoms with Crippen molar-refractivity contribution in [3.8, 4) is 22.8 Å². The van der Waals surface area contributed by atoms with Crippen LogP contribution in [0.5, 0.6) is 11.5 Å². The lowest BCUT2D eigenvalue weighted by atomic mass is 9.82. The largest absolute Gasteiger partial charge is 0.493 e. The van der Waals surface area contributed by atoms with Crippen LogP contribution in [-0.2, 0) is 10.1 Å². The van der Waals surface area contributed by atoms with Crippen LogP contribution in [0.25, 0.3) is 22.2 Å². The van der Waals surface area contributed by atoms with Crippen molar-refractivity contribution in [1.82, 2.24) is 14.9 Å². The van der Waals surface area contributed by atoms with Gasteiger partial charge in [-0.1, -0.05) is 47.6 Å². The zero-order valence-corrected chi connectivity index (χ0v) is 26.0. The first kappa shape index (κ1) is 30.2. The Morgan fingerprint density at radius 1 is 1.00 bits per heavy atom. The fraction of sp³-hybridized carbons (Fsp3) is 0.548. The number of fused-ring (bicyclic) bond motifs is 1. The van der Waals surface area contributed by atoms with Crippen LogP contribution in [0.1, 0.15) is 94.7 Å². The van der Waals surface area contributed by atoms with E-state index in [2.05, 4.69) is 25.8 Å². The van der Waals surface area contributed by atoms with Crippen molar-refractivity contribution >= 4 is 21.0 Å². The second kappa shape index (κ2) is 11.6. The Bertz CT molecular complexity index is 1520. The second-order valence-corrected chi connectivity index (χ2v) is 13.2. The third-order valence-corrected chi connectivity index (χ3v) is 8.86. The van der Waals surface area contributed by atoms with Gasteiger partial charge in [-0.25, -0.2) is 9.97 Å². The van der Waals surface area contributed by atoms with Gasteiger partial charge < -0.3 is 14.4 Å². The van der Waals surface area contributed by atoms with E-state index in [-0.39, 0.29) is 22.6 Å². The number of benzene rings is 2. The highest BCUT2D eigenvalue weighted by atomic mass is 32.2. The average Bonchev–Trinajstić information content (AvgIpc) is 3.28. The molecule has 0 spiro atoms. The summed E-state index contributed by atoms with van der Waals surface area (Å²) in [6.45, 7) is 15.4. The van der Waals surface area contributed by atoms with E-state index in [0.717, 1.165) is 35.9 Å². The van der Waals surface area contributed by atoms with E-state index in [1.165, 1.54) is 0 Å². The molecule has 2 heterocycles. The fourth-order valence-corrected chi connectivity index (χ4v) is 7.02. The molecule has 3 aromatic rings. The minimum absolute atomic E-state index is 0.0180. The topological polar surface area (TPSA) is 102 Å². The van der Waals surface area contributed by atoms with Crippen LogP contribution < -0.4 is 9.47 Å². The van der Waals surface area contributed by atoms with Gasteiger partial charge in [-0.3, -0.25) is 4.55 Å². The lowest BCUT2D eigenvalue weighted by Crippen LogP contribution is -2.30. The molecular weight excluding hydrogens is 526 g/mol. The Kier molecular flexibility index (Phi) is 8.78. The summed E-state index contributed by atoms with van der Waals surface area (Å²) in [7, 11) is -0.800. The van der Waals surface area contributed by atoms with Gasteiger partial charge in [-0.15, -0.1) is 0 Å². The van der Waals surface area contributed by atoms with Crippen molar-refractivity contribution in [3.05, 3.63) is 40.7 Å². The predicted molar refractivity (Wildman–Crippen MR) is 159 cm³/mol. The zero-order valence-electron chi connectivity index (χ0n) is 25.2. The zero-order chi connectivity index (χ0) is 29.5. The Morgan fingerprint density at radius 2 is 1.68 bits per heavy atom. The first-order valence-electron chi connectivity index (χ1n) is 14.1. The number of likely N-dealkylation sites (N-methyl/N-ethyl adjacent to an activating group) is 1. The van der Waals surface area contributed by atoms with Crippen LogP contribution in [0.2, 0.25) is 0 Å². The predicted octanol–water partition coefficient (Wildman–Crippen LogP) is 6.70. The first-order chi connectivity index (χ1) is 18.7. The van der Waals surface area contributed by atoms with Gasteiger partial charge in [0.2, 0.25) is 0 Å². The van der Waals surface area contributed by atoms with Crippen molar-refractivity contribution in [1.29, 1.82) is 0 Å². The quantitative estimate of drug-likeness (QED) is 0.284. The summed E-state index contributed by atoms with van der Waals surface area (Å²) in [5.41, 5.74) is 4.19. The van der Waals surface area contributed by atoms with E-state index in [4.69, 9.17) is 19.4 Å². The van der Waals surface area contributed by atoms with Crippen LogP contribution in [0.15, 0.2) is 23.1 Å². The molecule has 40 heavy (non-hydrogen) atoms. The number of ether oxygens (including phenoxy) is 2. The van der Waals surface area contributed by atoms with Crippen LogP contribution >= 0.6 is 0 Å². The molecule has 1 aliphatic heterocycles. The number of methoxy groups -OCH3 is 1. The van der Waals surface area contributed by atoms with Gasteiger partial charge in [0.05, 0.1) is 18.3 Å². The SMILES string of the molecule is COc1cc2nc(C)nc(-c3c(C(C)C)cc(C(C)C)c(S(=O)(=O)O)c3C(C)C)c2cc1OC[C@@H]1CCCN1C. The molecule has 8 nitrogen and oxygen atoms in total. The summed E-state index contributed by atoms with van der Waals surface area (Å²) in [4.78, 5) is 11.9. The molecular formula is C31H43N3O5S. The number of rotatable bonds is 9. The molecule has 0 unspecified atom stereocenters. The van der Waals surface area contributed by atoms with E-state index in [0.29, 0.717) is 52.3 Å². The minimum atomic E-state index is -4.53. The van der Waals surface area contributed by atoms with E-state index >= 15 is 0 Å². The smallest absolute Gasteiger partial charge is 0.295 e. The van der Waals surface area contributed by atoms with Gasteiger partial charge in [0.1, 0.15) is 17.3 Å². The summed E-state index contributed by atoms with van der Waals surface area (Å²) in [6, 6.07) is 6.03. The standard InChI is InChI=1S/C31H43N3O5S/c1-17(2)22-13-23(18(3)4)31(40(35,36)37)28(19(5)6)29(22)30-24-14-27(39-16-21-11-10-12-34(21)8)26(38-9)15-25(24)32-20(7)33-30/h13-15,17-19,21H,10-12,16H2,1-9H3,(H,35,36,37)/t21-/m0/s1. The van der Waals surface area contributed by atoms with E-state index in [9.17, 15) is 13.0 Å². The molecule has 9 heteroatoms. The summed E-state index contributed by atoms with van der Waals surface area (Å²) in [5, 5.41) is 0.739. The molecule has 1 aromatic heterocycles. The number of nitrogens with zero attached hydrogens (tertiary/aromatic N) is 3. The van der Waals surface area contributed by atoms with Gasteiger partial charge in [0, 0.05) is 23.1 Å². The van der Waals surface area contributed by atoms with Crippen molar-refractivity contribution < 1.29 is 22.4 Å². The van der Waals surface area contributed by atoms with Crippen LogP contribution in [-0.4, -0.2) is 61.2 Å². The lowest BCUT2D eigenvalue weighted by Gasteiger charge is -2.27. The van der Waals surface area contributed by atoms with Crippen LogP contribution in [0.3, 0.4) is 0 Å². The maximum atomic E-state index is 12.9. The normalized spacial score (nSPS) is 16.6. The molecule has 1 saturated heterocycles. The third kappa shape index (κ3) is 5.83. The third-order valence-electron chi connectivity index (χ3n) is 7.89. The van der Waals surface area contributed by atoms with Gasteiger partial charge in [-0.2, -0.15) is 8.42 Å². The molecule has 1 aliphatic rings. The Morgan fingerprint density at radius 3 is 2.20 bits per heavy atom. The number of hydrogen-bond acceptors (Lipinski definition) is 7. The van der Waals surface area contributed by atoms with E-state index in [1.807, 2.05) is 52.8 Å². The lowest BCUT2D eigenvalue weighted by molar-refractivity contribution is 0.193. The van der Waals surface area contributed by atoms with Crippen LogP contribution in [0.4, 0.5) is 0 Å². The number of likely N-dealkylation sites (tertiary alicyclic amines) is 1. The Balaban J connectivity index is 2.07. The molecule has 0 radical (unpaired) electrons. The maximum absolute atomic E-state index is 12.9. The average molecular weight is 570 g/mol. The van der Waals surface area contributed by atoms with Crippen LogP contribution in [0, 0.1) is 6.92 Å². The summed E-state index contributed by atoms with van der Waals surface area (Å²) in [6.07, 6.45) is 2.23. The first-order valence-corrected chi connectivity index (χ1v) is 15.6. The molecule has 1 N–H and O–H groups in total. The highest BCUT2D eigenvalue weighted by Crippen LogP contribution is 2.46. The minimum Gasteiger partial charge on any atom is -0.493 e. The summed E-state index contributed by atoms with van der Waals surface area (Å²) < 4.78 is 48.4. The highest BCUT2D eigenvalue weighted by molar-refractivity contribution is 7.86. The van der Waals surface area contributed by atoms with Crippen molar-refractivity contribution in [3.63, 3.8) is 0 Å². The molecule has 218 valence electrons. The molecule has 0 bridgehead atoms. The molecule has 4 rings (SSSR count). The number of hydrogen-bond donors (Lipinski definition) is 1. The van der Waals surface area contributed by atoms with Gasteiger partial charge in [-0.05, 0) is 73.9 Å². The van der Waals surface area contributed by atoms with E-state index in [1.54, 1.807) is 7.11 Å². The molecule has 0 saturated carbocycles. The van der Waals surface area contributed by atoms with Crippen molar-refractivity contribution in [2.75, 3.05) is 27.3 Å². The Labute approximate surface area is 238 Å².